The minimum Gasteiger partial charge on any atom is -0.0795 e. The van der Waals surface area contributed by atoms with Crippen molar-refractivity contribution in [1.29, 1.82) is 0 Å². The molecule has 0 aliphatic carbocycles. The van der Waals surface area contributed by atoms with Crippen LogP contribution >= 0.6 is 0 Å². The summed E-state index contributed by atoms with van der Waals surface area (Å²) in [5.41, 5.74) is 2.61. The minimum atomic E-state index is 0.996. The van der Waals surface area contributed by atoms with Crippen molar-refractivity contribution in [3.05, 3.63) is 77.9 Å². The number of hydrogen-bond acceptors (Lipinski definition) is 0. The van der Waals surface area contributed by atoms with Crippen LogP contribution in [0.3, 0.4) is 0 Å². The molecule has 0 bridgehead atoms. The van der Waals surface area contributed by atoms with E-state index in [1.807, 2.05) is 12.1 Å². The van der Waals surface area contributed by atoms with Crippen LogP contribution in [-0.2, 0) is 6.42 Å². The summed E-state index contributed by atoms with van der Waals surface area (Å²) in [6.45, 7) is 0. The first kappa shape index (κ1) is 9.72. The highest BCUT2D eigenvalue weighted by atomic mass is 13.9. The molecule has 2 rings (SSSR count). The lowest BCUT2D eigenvalue weighted by Gasteiger charge is -1.94. The average Bonchev–Trinajstić information content (AvgIpc) is 2.32. The fraction of sp³-hybridized carbons (Fsp3) is 0.0667. The molecule has 0 heteroatoms. The topological polar surface area (TPSA) is 0 Å². The summed E-state index contributed by atoms with van der Waals surface area (Å²) in [6, 6.07) is 20.9. The maximum Gasteiger partial charge on any atom is -0.00941 e. The van der Waals surface area contributed by atoms with Gasteiger partial charge in [0.2, 0.25) is 0 Å². The summed E-state index contributed by atoms with van der Waals surface area (Å²) in [4.78, 5) is 0. The Morgan fingerprint density at radius 2 is 1.33 bits per heavy atom. The molecule has 0 aliphatic heterocycles. The lowest BCUT2D eigenvalue weighted by atomic mass is 10.1. The first-order valence-corrected chi connectivity index (χ1v) is 5.21. The summed E-state index contributed by atoms with van der Waals surface area (Å²) in [5.74, 6) is 0. The van der Waals surface area contributed by atoms with Gasteiger partial charge in [0.25, 0.3) is 0 Å². The standard InChI is InChI=1S/C15H14/c1-3-8-14(9-4-1)12-7-13-15-10-5-2-6-11-15/h1-12H,13H2/b12-7+. The molecule has 0 saturated heterocycles. The molecule has 0 amide bonds. The average molecular weight is 194 g/mol. The predicted molar refractivity (Wildman–Crippen MR) is 65.6 cm³/mol. The second-order valence-electron chi connectivity index (χ2n) is 3.50. The monoisotopic (exact) mass is 194 g/mol. The molecule has 0 N–H and O–H groups in total. The second-order valence-corrected chi connectivity index (χ2v) is 3.50. The molecule has 2 aromatic carbocycles. The van der Waals surface area contributed by atoms with Crippen LogP contribution < -0.4 is 0 Å². The Balaban J connectivity index is 1.97. The molecular weight excluding hydrogens is 180 g/mol. The molecular formula is C15H14. The Bertz CT molecular complexity index is 412. The van der Waals surface area contributed by atoms with Gasteiger partial charge in [-0.1, -0.05) is 72.8 Å². The Morgan fingerprint density at radius 1 is 0.733 bits per heavy atom. The molecule has 0 nitrogen and oxygen atoms in total. The molecule has 15 heavy (non-hydrogen) atoms. The maximum atomic E-state index is 2.20. The highest BCUT2D eigenvalue weighted by molar-refractivity contribution is 5.49. The van der Waals surface area contributed by atoms with Gasteiger partial charge in [0.05, 0.1) is 0 Å². The lowest BCUT2D eigenvalue weighted by molar-refractivity contribution is 1.28. The number of rotatable bonds is 3. The van der Waals surface area contributed by atoms with Gasteiger partial charge in [-0.05, 0) is 17.5 Å². The van der Waals surface area contributed by atoms with Gasteiger partial charge in [0, 0.05) is 0 Å². The Hall–Kier alpha value is -1.82. The zero-order valence-corrected chi connectivity index (χ0v) is 8.64. The predicted octanol–water partition coefficient (Wildman–Crippen LogP) is 3.94. The first-order valence-electron chi connectivity index (χ1n) is 5.21. The van der Waals surface area contributed by atoms with Crippen molar-refractivity contribution in [3.8, 4) is 0 Å². The van der Waals surface area contributed by atoms with Crippen molar-refractivity contribution in [3.63, 3.8) is 0 Å². The van der Waals surface area contributed by atoms with Gasteiger partial charge >= 0.3 is 0 Å². The van der Waals surface area contributed by atoms with Crippen LogP contribution in [0, 0.1) is 0 Å². The van der Waals surface area contributed by atoms with Gasteiger partial charge in [0.1, 0.15) is 0 Å². The van der Waals surface area contributed by atoms with Crippen LogP contribution in [-0.4, -0.2) is 0 Å². The summed E-state index contributed by atoms with van der Waals surface area (Å²) < 4.78 is 0. The van der Waals surface area contributed by atoms with Gasteiger partial charge in [0.15, 0.2) is 0 Å². The minimum absolute atomic E-state index is 0.996. The fourth-order valence-electron chi connectivity index (χ4n) is 1.51. The number of hydrogen-bond donors (Lipinski definition) is 0. The van der Waals surface area contributed by atoms with E-state index in [2.05, 4.69) is 60.7 Å². The molecule has 2 aromatic rings. The van der Waals surface area contributed by atoms with Crippen LogP contribution in [0.15, 0.2) is 66.7 Å². The van der Waals surface area contributed by atoms with E-state index in [0.717, 1.165) is 6.42 Å². The van der Waals surface area contributed by atoms with Gasteiger partial charge in [-0.2, -0.15) is 0 Å². The summed E-state index contributed by atoms with van der Waals surface area (Å²) in [5, 5.41) is 0. The van der Waals surface area contributed by atoms with E-state index in [4.69, 9.17) is 0 Å². The third kappa shape index (κ3) is 3.10. The number of allylic oxidation sites excluding steroid dienone is 1. The first-order chi connectivity index (χ1) is 7.45. The van der Waals surface area contributed by atoms with Crippen LogP contribution in [0.2, 0.25) is 0 Å². The zero-order valence-electron chi connectivity index (χ0n) is 8.64. The number of benzene rings is 2. The van der Waals surface area contributed by atoms with E-state index in [1.54, 1.807) is 0 Å². The van der Waals surface area contributed by atoms with Gasteiger partial charge in [-0.15, -0.1) is 0 Å². The molecule has 0 fully saturated rings. The summed E-state index contributed by atoms with van der Waals surface area (Å²) in [6.07, 6.45) is 5.35. The van der Waals surface area contributed by atoms with E-state index in [0.29, 0.717) is 0 Å². The molecule has 0 radical (unpaired) electrons. The SMILES string of the molecule is C(=C\c1ccccc1)/Cc1ccccc1. The fourth-order valence-corrected chi connectivity index (χ4v) is 1.51. The molecule has 0 atom stereocenters. The maximum absolute atomic E-state index is 2.20. The van der Waals surface area contributed by atoms with E-state index in [-0.39, 0.29) is 0 Å². The van der Waals surface area contributed by atoms with Crippen molar-refractivity contribution < 1.29 is 0 Å². The highest BCUT2D eigenvalue weighted by Gasteiger charge is 1.86. The molecule has 0 heterocycles. The highest BCUT2D eigenvalue weighted by Crippen LogP contribution is 2.04. The van der Waals surface area contributed by atoms with Crippen LogP contribution in [0.1, 0.15) is 11.1 Å². The van der Waals surface area contributed by atoms with Crippen LogP contribution in [0.25, 0.3) is 6.08 Å². The third-order valence-corrected chi connectivity index (χ3v) is 2.31. The van der Waals surface area contributed by atoms with Crippen molar-refractivity contribution in [2.75, 3.05) is 0 Å². The second kappa shape index (κ2) is 5.16. The van der Waals surface area contributed by atoms with E-state index >= 15 is 0 Å². The molecule has 0 aromatic heterocycles. The lowest BCUT2D eigenvalue weighted by Crippen LogP contribution is -1.78. The van der Waals surface area contributed by atoms with Crippen LogP contribution in [0.5, 0.6) is 0 Å². The molecule has 74 valence electrons. The zero-order chi connectivity index (χ0) is 10.3. The van der Waals surface area contributed by atoms with E-state index < -0.39 is 0 Å². The van der Waals surface area contributed by atoms with Gasteiger partial charge in [-0.25, -0.2) is 0 Å². The Morgan fingerprint density at radius 3 is 2.00 bits per heavy atom. The molecule has 0 saturated carbocycles. The van der Waals surface area contributed by atoms with Gasteiger partial charge < -0.3 is 0 Å². The quantitative estimate of drug-likeness (QED) is 0.694. The van der Waals surface area contributed by atoms with Crippen molar-refractivity contribution in [2.45, 2.75) is 6.42 Å². The largest absolute Gasteiger partial charge is 0.0795 e. The Labute approximate surface area is 90.9 Å². The van der Waals surface area contributed by atoms with Crippen molar-refractivity contribution >= 4 is 6.08 Å². The summed E-state index contributed by atoms with van der Waals surface area (Å²) in [7, 11) is 0. The molecule has 0 spiro atoms. The van der Waals surface area contributed by atoms with Crippen molar-refractivity contribution in [1.82, 2.24) is 0 Å². The van der Waals surface area contributed by atoms with Crippen molar-refractivity contribution in [2.24, 2.45) is 0 Å². The summed E-state index contributed by atoms with van der Waals surface area (Å²) >= 11 is 0. The smallest absolute Gasteiger partial charge is 0.00941 e. The van der Waals surface area contributed by atoms with E-state index in [9.17, 15) is 0 Å². The Kier molecular flexibility index (Phi) is 3.34. The normalized spacial score (nSPS) is 10.7. The van der Waals surface area contributed by atoms with Crippen LogP contribution in [0.4, 0.5) is 0 Å². The van der Waals surface area contributed by atoms with E-state index in [1.165, 1.54) is 11.1 Å². The molecule has 0 unspecified atom stereocenters. The molecule has 0 aliphatic rings. The third-order valence-electron chi connectivity index (χ3n) is 2.31. The van der Waals surface area contributed by atoms with Gasteiger partial charge in [-0.3, -0.25) is 0 Å².